The number of aromatic hydroxyl groups is 1. The molecular formula is C11H9BrN2O. The number of nitrogens with two attached hydrogens (primary N) is 1. The summed E-state index contributed by atoms with van der Waals surface area (Å²) in [4.78, 5) is 4.17. The van der Waals surface area contributed by atoms with Crippen LogP contribution in [0.2, 0.25) is 0 Å². The van der Waals surface area contributed by atoms with Crippen molar-refractivity contribution in [2.24, 2.45) is 0 Å². The quantitative estimate of drug-likeness (QED) is 0.833. The lowest BCUT2D eigenvalue weighted by Crippen LogP contribution is -1.93. The lowest BCUT2D eigenvalue weighted by molar-refractivity contribution is 0.477. The summed E-state index contributed by atoms with van der Waals surface area (Å²) in [6.45, 7) is 0. The van der Waals surface area contributed by atoms with Crippen molar-refractivity contribution in [3.63, 3.8) is 0 Å². The number of nitrogens with zero attached hydrogens (tertiary/aromatic N) is 1. The van der Waals surface area contributed by atoms with Gasteiger partial charge < -0.3 is 10.8 Å². The zero-order valence-electron chi connectivity index (χ0n) is 7.81. The van der Waals surface area contributed by atoms with Crippen LogP contribution in [0.25, 0.3) is 11.3 Å². The summed E-state index contributed by atoms with van der Waals surface area (Å²) in [5, 5.41) is 9.68. The highest BCUT2D eigenvalue weighted by Gasteiger charge is 2.08. The molecule has 0 amide bonds. The van der Waals surface area contributed by atoms with Crippen molar-refractivity contribution in [2.45, 2.75) is 0 Å². The summed E-state index contributed by atoms with van der Waals surface area (Å²) in [5.41, 5.74) is 6.91. The highest BCUT2D eigenvalue weighted by Crippen LogP contribution is 2.32. The molecule has 0 radical (unpaired) electrons. The number of rotatable bonds is 1. The zero-order valence-corrected chi connectivity index (χ0v) is 9.40. The Morgan fingerprint density at radius 2 is 1.87 bits per heavy atom. The van der Waals surface area contributed by atoms with Crippen LogP contribution < -0.4 is 5.73 Å². The molecule has 0 saturated heterocycles. The van der Waals surface area contributed by atoms with Crippen LogP contribution in [0, 0.1) is 0 Å². The van der Waals surface area contributed by atoms with Crippen molar-refractivity contribution in [1.29, 1.82) is 0 Å². The summed E-state index contributed by atoms with van der Waals surface area (Å²) in [5.74, 6) is 0.618. The van der Waals surface area contributed by atoms with E-state index in [2.05, 4.69) is 20.9 Å². The average molecular weight is 265 g/mol. The predicted octanol–water partition coefficient (Wildman–Crippen LogP) is 2.80. The highest BCUT2D eigenvalue weighted by molar-refractivity contribution is 9.10. The van der Waals surface area contributed by atoms with E-state index in [1.54, 1.807) is 24.3 Å². The van der Waals surface area contributed by atoms with E-state index in [0.29, 0.717) is 17.1 Å². The molecule has 1 aromatic heterocycles. The first-order chi connectivity index (χ1) is 7.18. The minimum atomic E-state index is 0.191. The van der Waals surface area contributed by atoms with Gasteiger partial charge in [0.05, 0.1) is 5.69 Å². The maximum Gasteiger partial charge on any atom is 0.125 e. The summed E-state index contributed by atoms with van der Waals surface area (Å²) >= 11 is 3.37. The summed E-state index contributed by atoms with van der Waals surface area (Å²) in [6, 6.07) is 10.5. The van der Waals surface area contributed by atoms with Gasteiger partial charge in [-0.05, 0) is 40.2 Å². The molecule has 2 aromatic rings. The van der Waals surface area contributed by atoms with Gasteiger partial charge in [-0.2, -0.15) is 0 Å². The molecule has 1 aromatic carbocycles. The number of benzene rings is 1. The molecule has 3 N–H and O–H groups in total. The lowest BCUT2D eigenvalue weighted by Gasteiger charge is -2.06. The van der Waals surface area contributed by atoms with Gasteiger partial charge in [0.25, 0.3) is 0 Å². The molecule has 0 unspecified atom stereocenters. The summed E-state index contributed by atoms with van der Waals surface area (Å²) in [6.07, 6.45) is 0. The van der Waals surface area contributed by atoms with Crippen molar-refractivity contribution < 1.29 is 5.11 Å². The Bertz CT molecular complexity index is 500. The molecule has 1 heterocycles. The molecule has 0 saturated carbocycles. The van der Waals surface area contributed by atoms with E-state index in [1.807, 2.05) is 12.1 Å². The number of phenolic OH excluding ortho intramolecular Hbond substituents is 1. The summed E-state index contributed by atoms with van der Waals surface area (Å²) < 4.78 is 0.804. The van der Waals surface area contributed by atoms with E-state index in [1.165, 1.54) is 0 Å². The number of halogens is 1. The number of para-hydroxylation sites is 1. The van der Waals surface area contributed by atoms with E-state index in [0.717, 1.165) is 4.47 Å². The number of aromatic nitrogens is 1. The van der Waals surface area contributed by atoms with Gasteiger partial charge in [-0.3, -0.25) is 0 Å². The fourth-order valence-corrected chi connectivity index (χ4v) is 1.75. The molecule has 76 valence electrons. The molecule has 0 atom stereocenters. The molecule has 0 aliphatic heterocycles. The first-order valence-electron chi connectivity index (χ1n) is 4.39. The zero-order chi connectivity index (χ0) is 10.8. The third kappa shape index (κ3) is 1.94. The Balaban J connectivity index is 2.64. The van der Waals surface area contributed by atoms with Crippen LogP contribution in [0.3, 0.4) is 0 Å². The Kier molecular flexibility index (Phi) is 2.60. The van der Waals surface area contributed by atoms with Crippen molar-refractivity contribution in [1.82, 2.24) is 4.98 Å². The van der Waals surface area contributed by atoms with Crippen molar-refractivity contribution >= 4 is 21.7 Å². The van der Waals surface area contributed by atoms with Crippen molar-refractivity contribution in [3.05, 3.63) is 40.9 Å². The number of anilines is 1. The van der Waals surface area contributed by atoms with Gasteiger partial charge >= 0.3 is 0 Å². The SMILES string of the molecule is Nc1ccc(Br)c(-c2ccccc2O)n1. The van der Waals surface area contributed by atoms with E-state index in [-0.39, 0.29) is 5.75 Å². The molecule has 0 spiro atoms. The minimum absolute atomic E-state index is 0.191. The van der Waals surface area contributed by atoms with Crippen LogP contribution in [0.1, 0.15) is 0 Å². The molecule has 2 rings (SSSR count). The Hall–Kier alpha value is -1.55. The van der Waals surface area contributed by atoms with Crippen LogP contribution >= 0.6 is 15.9 Å². The number of phenols is 1. The Morgan fingerprint density at radius 1 is 1.13 bits per heavy atom. The maximum atomic E-state index is 9.68. The van der Waals surface area contributed by atoms with Gasteiger partial charge in [0.15, 0.2) is 0 Å². The second kappa shape index (κ2) is 3.90. The molecule has 0 fully saturated rings. The maximum absolute atomic E-state index is 9.68. The predicted molar refractivity (Wildman–Crippen MR) is 63.5 cm³/mol. The van der Waals surface area contributed by atoms with E-state index < -0.39 is 0 Å². The van der Waals surface area contributed by atoms with Crippen LogP contribution in [0.5, 0.6) is 5.75 Å². The number of hydrogen-bond donors (Lipinski definition) is 2. The van der Waals surface area contributed by atoms with Crippen LogP contribution in [0.15, 0.2) is 40.9 Å². The molecule has 0 aliphatic carbocycles. The number of hydrogen-bond acceptors (Lipinski definition) is 3. The van der Waals surface area contributed by atoms with E-state index >= 15 is 0 Å². The number of pyridine rings is 1. The first-order valence-corrected chi connectivity index (χ1v) is 5.18. The second-order valence-corrected chi connectivity index (χ2v) is 3.94. The van der Waals surface area contributed by atoms with Gasteiger partial charge in [0, 0.05) is 10.0 Å². The van der Waals surface area contributed by atoms with Crippen LogP contribution in [-0.4, -0.2) is 10.1 Å². The lowest BCUT2D eigenvalue weighted by atomic mass is 10.1. The average Bonchev–Trinajstić information content (AvgIpc) is 2.23. The van der Waals surface area contributed by atoms with Gasteiger partial charge in [0.2, 0.25) is 0 Å². The van der Waals surface area contributed by atoms with Crippen LogP contribution in [0.4, 0.5) is 5.82 Å². The number of nitrogen functional groups attached to an aromatic ring is 1. The van der Waals surface area contributed by atoms with Crippen molar-refractivity contribution in [3.8, 4) is 17.0 Å². The molecule has 0 aliphatic rings. The Morgan fingerprint density at radius 3 is 2.60 bits per heavy atom. The monoisotopic (exact) mass is 264 g/mol. The third-order valence-electron chi connectivity index (χ3n) is 2.03. The largest absolute Gasteiger partial charge is 0.507 e. The summed E-state index contributed by atoms with van der Waals surface area (Å²) in [7, 11) is 0. The molecule has 4 heteroatoms. The van der Waals surface area contributed by atoms with Gasteiger partial charge in [-0.1, -0.05) is 12.1 Å². The third-order valence-corrected chi connectivity index (χ3v) is 2.67. The first kappa shape index (κ1) is 9.98. The molecular weight excluding hydrogens is 256 g/mol. The van der Waals surface area contributed by atoms with Gasteiger partial charge in [0.1, 0.15) is 11.6 Å². The topological polar surface area (TPSA) is 59.1 Å². The molecule has 15 heavy (non-hydrogen) atoms. The van der Waals surface area contributed by atoms with E-state index in [9.17, 15) is 5.11 Å². The van der Waals surface area contributed by atoms with Crippen LogP contribution in [-0.2, 0) is 0 Å². The molecule has 0 bridgehead atoms. The highest BCUT2D eigenvalue weighted by atomic mass is 79.9. The smallest absolute Gasteiger partial charge is 0.125 e. The fraction of sp³-hybridized carbons (Fsp3) is 0. The standard InChI is InChI=1S/C11H9BrN2O/c12-8-5-6-10(13)14-11(8)7-3-1-2-4-9(7)15/h1-6,15H,(H2,13,14). The fourth-order valence-electron chi connectivity index (χ4n) is 1.32. The normalized spacial score (nSPS) is 10.2. The van der Waals surface area contributed by atoms with Gasteiger partial charge in [-0.15, -0.1) is 0 Å². The minimum Gasteiger partial charge on any atom is -0.507 e. The Labute approximate surface area is 95.7 Å². The van der Waals surface area contributed by atoms with E-state index in [4.69, 9.17) is 5.73 Å². The van der Waals surface area contributed by atoms with Crippen molar-refractivity contribution in [2.75, 3.05) is 5.73 Å². The second-order valence-electron chi connectivity index (χ2n) is 3.08. The van der Waals surface area contributed by atoms with Gasteiger partial charge in [-0.25, -0.2) is 4.98 Å². The molecule has 3 nitrogen and oxygen atoms in total.